The van der Waals surface area contributed by atoms with Crippen LogP contribution in [-0.2, 0) is 27.9 Å². The zero-order valence-electron chi connectivity index (χ0n) is 19.7. The van der Waals surface area contributed by atoms with Gasteiger partial charge in [-0.25, -0.2) is 12.8 Å². The lowest BCUT2D eigenvalue weighted by molar-refractivity contribution is -0.126. The summed E-state index contributed by atoms with van der Waals surface area (Å²) in [4.78, 5) is 15.1. The standard InChI is InChI=1S/C26H34FN3O3S/c1-20-8-6-7-15-29(20)19-23-10-3-2-9-22(23)18-28-26(31)21-13-16-30(17-14-21)34(32,33)25-12-5-4-11-24(25)27/h2-5,9-12,20-21H,6-8,13-19H2,1H3,(H,28,31). The van der Waals surface area contributed by atoms with Crippen LogP contribution in [0.15, 0.2) is 53.4 Å². The van der Waals surface area contributed by atoms with Crippen molar-refractivity contribution in [3.05, 3.63) is 65.5 Å². The van der Waals surface area contributed by atoms with E-state index in [1.165, 1.54) is 47.3 Å². The molecule has 0 saturated carbocycles. The molecule has 0 spiro atoms. The third-order valence-corrected chi connectivity index (χ3v) is 9.10. The maximum atomic E-state index is 14.0. The van der Waals surface area contributed by atoms with Crippen molar-refractivity contribution in [2.24, 2.45) is 5.92 Å². The first-order chi connectivity index (χ1) is 16.4. The van der Waals surface area contributed by atoms with Crippen LogP contribution >= 0.6 is 0 Å². The van der Waals surface area contributed by atoms with Gasteiger partial charge in [0.05, 0.1) is 0 Å². The molecule has 1 atom stereocenters. The number of carbonyl (C=O) groups is 1. The molecule has 8 heteroatoms. The van der Waals surface area contributed by atoms with Gasteiger partial charge in [0, 0.05) is 38.1 Å². The Morgan fingerprint density at radius 2 is 1.65 bits per heavy atom. The number of benzene rings is 2. The van der Waals surface area contributed by atoms with E-state index in [9.17, 15) is 17.6 Å². The highest BCUT2D eigenvalue weighted by Crippen LogP contribution is 2.26. The van der Waals surface area contributed by atoms with Gasteiger partial charge in [-0.15, -0.1) is 0 Å². The van der Waals surface area contributed by atoms with Crippen molar-refractivity contribution in [3.8, 4) is 0 Å². The van der Waals surface area contributed by atoms with Gasteiger partial charge in [-0.05, 0) is 62.4 Å². The molecule has 2 aromatic carbocycles. The Morgan fingerprint density at radius 1 is 0.971 bits per heavy atom. The van der Waals surface area contributed by atoms with Crippen molar-refractivity contribution in [2.45, 2.75) is 63.1 Å². The number of hydrogen-bond acceptors (Lipinski definition) is 4. The molecule has 2 aliphatic heterocycles. The Balaban J connectivity index is 1.32. The van der Waals surface area contributed by atoms with Crippen molar-refractivity contribution in [2.75, 3.05) is 19.6 Å². The summed E-state index contributed by atoms with van der Waals surface area (Å²) in [7, 11) is -3.90. The fraction of sp³-hybridized carbons (Fsp3) is 0.500. The van der Waals surface area contributed by atoms with Crippen LogP contribution in [0.2, 0.25) is 0 Å². The monoisotopic (exact) mass is 487 g/mol. The first kappa shape index (κ1) is 24.8. The molecule has 0 radical (unpaired) electrons. The summed E-state index contributed by atoms with van der Waals surface area (Å²) in [5, 5.41) is 3.07. The van der Waals surface area contributed by atoms with E-state index in [4.69, 9.17) is 0 Å². The number of nitrogens with zero attached hydrogens (tertiary/aromatic N) is 2. The molecule has 2 aromatic rings. The van der Waals surface area contributed by atoms with Crippen LogP contribution in [-0.4, -0.2) is 49.2 Å². The molecule has 1 unspecified atom stereocenters. The molecule has 2 aliphatic rings. The van der Waals surface area contributed by atoms with E-state index in [2.05, 4.69) is 29.3 Å². The first-order valence-electron chi connectivity index (χ1n) is 12.2. The summed E-state index contributed by atoms with van der Waals surface area (Å²) in [6, 6.07) is 14.2. The highest BCUT2D eigenvalue weighted by molar-refractivity contribution is 7.89. The van der Waals surface area contributed by atoms with E-state index in [-0.39, 0.29) is 29.8 Å². The highest BCUT2D eigenvalue weighted by Gasteiger charge is 2.33. The van der Waals surface area contributed by atoms with Crippen molar-refractivity contribution in [1.29, 1.82) is 0 Å². The van der Waals surface area contributed by atoms with E-state index in [0.717, 1.165) is 24.7 Å². The molecule has 6 nitrogen and oxygen atoms in total. The predicted molar refractivity (Wildman–Crippen MR) is 130 cm³/mol. The van der Waals surface area contributed by atoms with Gasteiger partial charge in [0.25, 0.3) is 0 Å². The van der Waals surface area contributed by atoms with Gasteiger partial charge in [0.15, 0.2) is 0 Å². The quantitative estimate of drug-likeness (QED) is 0.643. The average molecular weight is 488 g/mol. The summed E-state index contributed by atoms with van der Waals surface area (Å²) < 4.78 is 40.9. The van der Waals surface area contributed by atoms with Crippen LogP contribution in [0.25, 0.3) is 0 Å². The number of likely N-dealkylation sites (tertiary alicyclic amines) is 1. The molecule has 2 saturated heterocycles. The number of amides is 1. The van der Waals surface area contributed by atoms with Crippen LogP contribution in [0.4, 0.5) is 4.39 Å². The second-order valence-electron chi connectivity index (χ2n) is 9.41. The zero-order chi connectivity index (χ0) is 24.1. The topological polar surface area (TPSA) is 69.7 Å². The van der Waals surface area contributed by atoms with Gasteiger partial charge in [-0.3, -0.25) is 9.69 Å². The van der Waals surface area contributed by atoms with Gasteiger partial charge >= 0.3 is 0 Å². The number of nitrogens with one attached hydrogen (secondary N) is 1. The summed E-state index contributed by atoms with van der Waals surface area (Å²) in [5.74, 6) is -1.05. The SMILES string of the molecule is CC1CCCCN1Cc1ccccc1CNC(=O)C1CCN(S(=O)(=O)c2ccccc2F)CC1. The van der Waals surface area contributed by atoms with Crippen molar-refractivity contribution in [3.63, 3.8) is 0 Å². The first-order valence-corrected chi connectivity index (χ1v) is 13.6. The zero-order valence-corrected chi connectivity index (χ0v) is 20.6. The Kier molecular flexibility index (Phi) is 8.01. The second-order valence-corrected chi connectivity index (χ2v) is 11.3. The summed E-state index contributed by atoms with van der Waals surface area (Å²) >= 11 is 0. The van der Waals surface area contributed by atoms with E-state index >= 15 is 0 Å². The molecule has 0 aromatic heterocycles. The fourth-order valence-electron chi connectivity index (χ4n) is 4.97. The Morgan fingerprint density at radius 3 is 2.35 bits per heavy atom. The largest absolute Gasteiger partial charge is 0.352 e. The summed E-state index contributed by atoms with van der Waals surface area (Å²) in [6.07, 6.45) is 4.59. The number of halogens is 1. The van der Waals surface area contributed by atoms with Crippen LogP contribution in [0.5, 0.6) is 0 Å². The molecule has 0 aliphatic carbocycles. The molecular formula is C26H34FN3O3S. The number of sulfonamides is 1. The second kappa shape index (κ2) is 11.0. The summed E-state index contributed by atoms with van der Waals surface area (Å²) in [5.41, 5.74) is 2.36. The van der Waals surface area contributed by atoms with Crippen molar-refractivity contribution in [1.82, 2.24) is 14.5 Å². The lowest BCUT2D eigenvalue weighted by Crippen LogP contribution is -2.43. The molecule has 34 heavy (non-hydrogen) atoms. The highest BCUT2D eigenvalue weighted by atomic mass is 32.2. The number of hydrogen-bond donors (Lipinski definition) is 1. The predicted octanol–water partition coefficient (Wildman–Crippen LogP) is 3.92. The van der Waals surface area contributed by atoms with Crippen LogP contribution in [0, 0.1) is 11.7 Å². The van der Waals surface area contributed by atoms with E-state index in [0.29, 0.717) is 25.4 Å². The molecule has 1 amide bonds. The molecule has 0 bridgehead atoms. The maximum Gasteiger partial charge on any atom is 0.245 e. The Bertz CT molecular complexity index is 1100. The number of piperidine rings is 2. The van der Waals surface area contributed by atoms with E-state index in [1.807, 2.05) is 12.1 Å². The van der Waals surface area contributed by atoms with E-state index < -0.39 is 15.8 Å². The van der Waals surface area contributed by atoms with Crippen molar-refractivity contribution < 1.29 is 17.6 Å². The van der Waals surface area contributed by atoms with Crippen LogP contribution in [0.3, 0.4) is 0 Å². The van der Waals surface area contributed by atoms with E-state index in [1.54, 1.807) is 0 Å². The van der Waals surface area contributed by atoms with Crippen molar-refractivity contribution >= 4 is 15.9 Å². The number of carbonyl (C=O) groups excluding carboxylic acids is 1. The minimum absolute atomic E-state index is 0.0518. The van der Waals surface area contributed by atoms with Gasteiger partial charge in [0.2, 0.25) is 15.9 Å². The lowest BCUT2D eigenvalue weighted by Gasteiger charge is -2.34. The molecule has 1 N–H and O–H groups in total. The van der Waals surface area contributed by atoms with Crippen LogP contribution in [0.1, 0.15) is 50.2 Å². The Hall–Kier alpha value is -2.29. The van der Waals surface area contributed by atoms with Gasteiger partial charge < -0.3 is 5.32 Å². The van der Waals surface area contributed by atoms with Gasteiger partial charge in [-0.2, -0.15) is 4.31 Å². The third kappa shape index (κ3) is 5.67. The average Bonchev–Trinajstić information content (AvgIpc) is 2.85. The van der Waals surface area contributed by atoms with Gasteiger partial charge in [-0.1, -0.05) is 42.8 Å². The molecule has 184 valence electrons. The lowest BCUT2D eigenvalue weighted by atomic mass is 9.97. The maximum absolute atomic E-state index is 14.0. The minimum Gasteiger partial charge on any atom is -0.352 e. The smallest absolute Gasteiger partial charge is 0.245 e. The number of rotatable bonds is 7. The third-order valence-electron chi connectivity index (χ3n) is 7.16. The normalized spacial score (nSPS) is 20.8. The minimum atomic E-state index is -3.90. The molecular weight excluding hydrogens is 453 g/mol. The molecule has 2 fully saturated rings. The van der Waals surface area contributed by atoms with Gasteiger partial charge in [0.1, 0.15) is 10.7 Å². The molecule has 4 rings (SSSR count). The fourth-order valence-corrected chi connectivity index (χ4v) is 6.51. The summed E-state index contributed by atoms with van der Waals surface area (Å²) in [6.45, 7) is 5.15. The van der Waals surface area contributed by atoms with Crippen LogP contribution < -0.4 is 5.32 Å². The molecule has 2 heterocycles. The Labute approximate surface area is 202 Å².